The van der Waals surface area contributed by atoms with Crippen molar-refractivity contribution in [2.45, 2.75) is 13.2 Å². The molecule has 0 saturated carbocycles. The molecule has 0 N–H and O–H groups in total. The Hall–Kier alpha value is -4.02. The van der Waals surface area contributed by atoms with E-state index in [9.17, 15) is 25.0 Å². The standard InChI is InChI=1S/C17H14N4O7/c1-10(22)19-17(11-3-5-15(27-2)6-4-11)28-16(18-19)12-7-13(20(23)24)9-14(8-12)21(25)26/h3-9,17H,1-2H3/t17-/m0/s1. The number of amides is 1. The zero-order chi connectivity index (χ0) is 20.4. The van der Waals surface area contributed by atoms with Crippen LogP contribution >= 0.6 is 0 Å². The third-order valence-electron chi connectivity index (χ3n) is 3.94. The molecule has 1 aliphatic rings. The lowest BCUT2D eigenvalue weighted by Gasteiger charge is -2.19. The summed E-state index contributed by atoms with van der Waals surface area (Å²) in [6, 6.07) is 9.73. The van der Waals surface area contributed by atoms with Crippen molar-refractivity contribution in [3.8, 4) is 5.75 Å². The number of nitro groups is 2. The molecule has 0 aliphatic carbocycles. The second kappa shape index (κ2) is 7.31. The molecule has 2 aromatic carbocycles. The molecule has 2 aromatic rings. The van der Waals surface area contributed by atoms with E-state index in [1.807, 2.05) is 0 Å². The highest BCUT2D eigenvalue weighted by Crippen LogP contribution is 2.33. The molecule has 0 fully saturated rings. The van der Waals surface area contributed by atoms with Crippen LogP contribution in [0.4, 0.5) is 11.4 Å². The van der Waals surface area contributed by atoms with Crippen LogP contribution in [-0.4, -0.2) is 33.8 Å². The summed E-state index contributed by atoms with van der Waals surface area (Å²) in [5.41, 5.74) is -0.381. The molecule has 0 saturated heterocycles. The first-order chi connectivity index (χ1) is 13.3. The van der Waals surface area contributed by atoms with Gasteiger partial charge >= 0.3 is 0 Å². The topological polar surface area (TPSA) is 137 Å². The molecule has 1 amide bonds. The van der Waals surface area contributed by atoms with Crippen molar-refractivity contribution in [1.82, 2.24) is 5.01 Å². The van der Waals surface area contributed by atoms with Crippen molar-refractivity contribution < 1.29 is 24.1 Å². The molecule has 1 atom stereocenters. The maximum absolute atomic E-state index is 12.0. The maximum atomic E-state index is 12.0. The maximum Gasteiger partial charge on any atom is 0.277 e. The first-order valence-electron chi connectivity index (χ1n) is 7.93. The Bertz CT molecular complexity index is 955. The normalized spacial score (nSPS) is 15.6. The molecule has 11 heteroatoms. The molecule has 0 radical (unpaired) electrons. The average Bonchev–Trinajstić information content (AvgIpc) is 3.13. The highest BCUT2D eigenvalue weighted by molar-refractivity contribution is 5.97. The molecule has 1 aliphatic heterocycles. The molecule has 28 heavy (non-hydrogen) atoms. The van der Waals surface area contributed by atoms with Crippen LogP contribution in [0.1, 0.15) is 24.3 Å². The van der Waals surface area contributed by atoms with Gasteiger partial charge in [-0.15, -0.1) is 5.10 Å². The minimum Gasteiger partial charge on any atom is -0.497 e. The molecule has 3 rings (SSSR count). The molecule has 0 bridgehead atoms. The number of non-ortho nitro benzene ring substituents is 2. The van der Waals surface area contributed by atoms with E-state index < -0.39 is 33.4 Å². The Kier molecular flexibility index (Phi) is 4.90. The van der Waals surface area contributed by atoms with Crippen LogP contribution in [0.3, 0.4) is 0 Å². The Morgan fingerprint density at radius 1 is 1.11 bits per heavy atom. The van der Waals surface area contributed by atoms with Crippen molar-refractivity contribution >= 4 is 23.2 Å². The first kappa shape index (κ1) is 18.8. The number of ether oxygens (including phenoxy) is 2. The largest absolute Gasteiger partial charge is 0.497 e. The fourth-order valence-corrected chi connectivity index (χ4v) is 2.60. The van der Waals surface area contributed by atoms with Gasteiger partial charge in [-0.1, -0.05) is 0 Å². The van der Waals surface area contributed by atoms with E-state index in [0.717, 1.165) is 23.2 Å². The number of methoxy groups -OCH3 is 1. The van der Waals surface area contributed by atoms with Crippen LogP contribution in [0.25, 0.3) is 0 Å². The second-order valence-corrected chi connectivity index (χ2v) is 5.76. The smallest absolute Gasteiger partial charge is 0.277 e. The van der Waals surface area contributed by atoms with Crippen molar-refractivity contribution in [3.05, 3.63) is 73.8 Å². The number of hydrogen-bond donors (Lipinski definition) is 0. The number of rotatable bonds is 5. The second-order valence-electron chi connectivity index (χ2n) is 5.76. The highest BCUT2D eigenvalue weighted by Gasteiger charge is 2.34. The Labute approximate surface area is 158 Å². The molecule has 0 aromatic heterocycles. The fourth-order valence-electron chi connectivity index (χ4n) is 2.60. The number of hydrazone groups is 1. The van der Waals surface area contributed by atoms with Crippen LogP contribution < -0.4 is 4.74 Å². The van der Waals surface area contributed by atoms with E-state index in [1.165, 1.54) is 14.0 Å². The summed E-state index contributed by atoms with van der Waals surface area (Å²) in [6.07, 6.45) is -0.920. The van der Waals surface area contributed by atoms with E-state index in [1.54, 1.807) is 24.3 Å². The number of nitrogens with zero attached hydrogens (tertiary/aromatic N) is 4. The molecule has 0 spiro atoms. The fraction of sp³-hybridized carbons (Fsp3) is 0.176. The predicted octanol–water partition coefficient (Wildman–Crippen LogP) is 2.75. The van der Waals surface area contributed by atoms with Gasteiger partial charge in [0.25, 0.3) is 11.4 Å². The Morgan fingerprint density at radius 2 is 1.68 bits per heavy atom. The van der Waals surface area contributed by atoms with Gasteiger partial charge in [0, 0.05) is 24.6 Å². The van der Waals surface area contributed by atoms with Crippen LogP contribution in [0, 0.1) is 20.2 Å². The van der Waals surface area contributed by atoms with Gasteiger partial charge in [-0.2, -0.15) is 5.01 Å². The SMILES string of the molecule is COc1ccc([C@@H]2OC(c3cc([N+](=O)[O-])cc([N+](=O)[O-])c3)=NN2C(C)=O)cc1. The number of carbonyl (C=O) groups excluding carboxylic acids is 1. The van der Waals surface area contributed by atoms with Gasteiger partial charge in [0.15, 0.2) is 0 Å². The van der Waals surface area contributed by atoms with Gasteiger partial charge in [-0.3, -0.25) is 25.0 Å². The third kappa shape index (κ3) is 3.58. The van der Waals surface area contributed by atoms with Crippen LogP contribution in [0.15, 0.2) is 47.6 Å². The van der Waals surface area contributed by atoms with Gasteiger partial charge in [0.1, 0.15) is 5.75 Å². The van der Waals surface area contributed by atoms with E-state index >= 15 is 0 Å². The lowest BCUT2D eigenvalue weighted by molar-refractivity contribution is -0.394. The van der Waals surface area contributed by atoms with E-state index in [2.05, 4.69) is 5.10 Å². The Balaban J connectivity index is 2.01. The zero-order valence-corrected chi connectivity index (χ0v) is 14.8. The average molecular weight is 386 g/mol. The minimum absolute atomic E-state index is 0.0168. The molecular formula is C17H14N4O7. The lowest BCUT2D eigenvalue weighted by atomic mass is 10.1. The lowest BCUT2D eigenvalue weighted by Crippen LogP contribution is -2.25. The van der Waals surface area contributed by atoms with Gasteiger partial charge in [-0.05, 0) is 24.3 Å². The van der Waals surface area contributed by atoms with Crippen molar-refractivity contribution in [3.63, 3.8) is 0 Å². The third-order valence-corrected chi connectivity index (χ3v) is 3.94. The molecule has 1 heterocycles. The molecule has 11 nitrogen and oxygen atoms in total. The van der Waals surface area contributed by atoms with Crippen molar-refractivity contribution in [1.29, 1.82) is 0 Å². The van der Waals surface area contributed by atoms with Gasteiger partial charge < -0.3 is 9.47 Å². The summed E-state index contributed by atoms with van der Waals surface area (Å²) in [7, 11) is 1.51. The van der Waals surface area contributed by atoms with Crippen molar-refractivity contribution in [2.24, 2.45) is 5.10 Å². The summed E-state index contributed by atoms with van der Waals surface area (Å²) in [6.45, 7) is 1.28. The number of nitro benzene ring substituents is 2. The van der Waals surface area contributed by atoms with Crippen LogP contribution in [-0.2, 0) is 9.53 Å². The summed E-state index contributed by atoms with van der Waals surface area (Å²) < 4.78 is 10.8. The zero-order valence-electron chi connectivity index (χ0n) is 14.8. The van der Waals surface area contributed by atoms with Crippen molar-refractivity contribution in [2.75, 3.05) is 7.11 Å². The quantitative estimate of drug-likeness (QED) is 0.569. The Morgan fingerprint density at radius 3 is 2.14 bits per heavy atom. The number of carbonyl (C=O) groups is 1. The molecule has 144 valence electrons. The van der Waals surface area contributed by atoms with Crippen LogP contribution in [0.5, 0.6) is 5.75 Å². The number of benzene rings is 2. The van der Waals surface area contributed by atoms with Gasteiger partial charge in [0.2, 0.25) is 18.0 Å². The van der Waals surface area contributed by atoms with E-state index in [4.69, 9.17) is 9.47 Å². The van der Waals surface area contributed by atoms with E-state index in [0.29, 0.717) is 11.3 Å². The van der Waals surface area contributed by atoms with Crippen LogP contribution in [0.2, 0.25) is 0 Å². The summed E-state index contributed by atoms with van der Waals surface area (Å²) >= 11 is 0. The highest BCUT2D eigenvalue weighted by atomic mass is 16.6. The number of hydrogen-bond acceptors (Lipinski definition) is 8. The van der Waals surface area contributed by atoms with E-state index in [-0.39, 0.29) is 11.5 Å². The summed E-state index contributed by atoms with van der Waals surface area (Å²) in [5, 5.41) is 27.3. The minimum atomic E-state index is -0.920. The molecular weight excluding hydrogens is 372 g/mol. The predicted molar refractivity (Wildman–Crippen MR) is 95.6 cm³/mol. The summed E-state index contributed by atoms with van der Waals surface area (Å²) in [5.74, 6) is 0.0325. The first-order valence-corrected chi connectivity index (χ1v) is 7.93. The summed E-state index contributed by atoms with van der Waals surface area (Å²) in [4.78, 5) is 32.6. The monoisotopic (exact) mass is 386 g/mol. The van der Waals surface area contributed by atoms with Gasteiger partial charge in [0.05, 0.1) is 28.6 Å². The van der Waals surface area contributed by atoms with Gasteiger partial charge in [-0.25, -0.2) is 0 Å². The molecule has 0 unspecified atom stereocenters.